The van der Waals surface area contributed by atoms with Crippen LogP contribution in [-0.2, 0) is 10.5 Å². The summed E-state index contributed by atoms with van der Waals surface area (Å²) in [4.78, 5) is 25.1. The number of carbonyl (C=O) groups excluding carboxylic acids is 2. The lowest BCUT2D eigenvalue weighted by molar-refractivity contribution is -0.121. The lowest BCUT2D eigenvalue weighted by Gasteiger charge is -2.20. The van der Waals surface area contributed by atoms with E-state index in [2.05, 4.69) is 22.1 Å². The number of amides is 2. The molecule has 0 aliphatic heterocycles. The van der Waals surface area contributed by atoms with Gasteiger partial charge in [-0.2, -0.15) is 11.3 Å². The zero-order chi connectivity index (χ0) is 17.6. The first kappa shape index (κ1) is 18.5. The van der Waals surface area contributed by atoms with Gasteiger partial charge >= 0.3 is 0 Å². The summed E-state index contributed by atoms with van der Waals surface area (Å²) in [5.74, 6) is 0.393. The van der Waals surface area contributed by atoms with E-state index in [0.29, 0.717) is 5.56 Å². The molecular formula is C18H22N2O2S2. The fourth-order valence-electron chi connectivity index (χ4n) is 2.03. The van der Waals surface area contributed by atoms with Crippen LogP contribution in [0.5, 0.6) is 0 Å². The molecule has 0 fully saturated rings. The molecule has 0 saturated carbocycles. The number of benzene rings is 1. The van der Waals surface area contributed by atoms with Crippen molar-refractivity contribution >= 4 is 34.9 Å². The third kappa shape index (κ3) is 6.02. The molecule has 128 valence electrons. The average Bonchev–Trinajstić information content (AvgIpc) is 3.02. The molecule has 0 radical (unpaired) electrons. The molecule has 0 unspecified atom stereocenters. The van der Waals surface area contributed by atoms with E-state index in [9.17, 15) is 9.59 Å². The number of carbonyl (C=O) groups is 2. The summed E-state index contributed by atoms with van der Waals surface area (Å²) >= 11 is 3.29. The van der Waals surface area contributed by atoms with E-state index >= 15 is 0 Å². The molecule has 1 aromatic carbocycles. The fourth-order valence-corrected chi connectivity index (χ4v) is 3.80. The van der Waals surface area contributed by atoms with Gasteiger partial charge in [-0.05, 0) is 55.3 Å². The van der Waals surface area contributed by atoms with Gasteiger partial charge in [-0.15, -0.1) is 11.8 Å². The van der Waals surface area contributed by atoms with Gasteiger partial charge in [-0.25, -0.2) is 0 Å². The molecule has 0 bridgehead atoms. The first-order chi connectivity index (χ1) is 11.3. The zero-order valence-electron chi connectivity index (χ0n) is 14.1. The highest BCUT2D eigenvalue weighted by Gasteiger charge is 2.16. The Labute approximate surface area is 151 Å². The van der Waals surface area contributed by atoms with Crippen LogP contribution < -0.4 is 10.6 Å². The van der Waals surface area contributed by atoms with Gasteiger partial charge in [0, 0.05) is 16.2 Å². The van der Waals surface area contributed by atoms with E-state index in [1.54, 1.807) is 29.2 Å². The quantitative estimate of drug-likeness (QED) is 0.771. The summed E-state index contributed by atoms with van der Waals surface area (Å²) in [6, 6.07) is 9.54. The topological polar surface area (TPSA) is 58.2 Å². The molecule has 0 aliphatic rings. The minimum Gasteiger partial charge on any atom is -0.350 e. The second-order valence-electron chi connectivity index (χ2n) is 6.40. The Kier molecular flexibility index (Phi) is 6.45. The molecule has 0 aliphatic carbocycles. The maximum Gasteiger partial charge on any atom is 0.252 e. The summed E-state index contributed by atoms with van der Waals surface area (Å²) in [7, 11) is 0. The van der Waals surface area contributed by atoms with Gasteiger partial charge in [-0.1, -0.05) is 12.1 Å². The predicted molar refractivity (Wildman–Crippen MR) is 101 cm³/mol. The van der Waals surface area contributed by atoms with Gasteiger partial charge in [0.25, 0.3) is 5.91 Å². The second-order valence-corrected chi connectivity index (χ2v) is 8.19. The summed E-state index contributed by atoms with van der Waals surface area (Å²) in [6.07, 6.45) is 0. The minimum atomic E-state index is -0.309. The van der Waals surface area contributed by atoms with Crippen molar-refractivity contribution in [2.24, 2.45) is 0 Å². The molecule has 4 nitrogen and oxygen atoms in total. The molecule has 0 spiro atoms. The van der Waals surface area contributed by atoms with Gasteiger partial charge in [0.1, 0.15) is 0 Å². The van der Waals surface area contributed by atoms with Crippen molar-refractivity contribution in [3.8, 4) is 0 Å². The molecule has 2 rings (SSSR count). The molecule has 6 heteroatoms. The smallest absolute Gasteiger partial charge is 0.252 e. The monoisotopic (exact) mass is 362 g/mol. The van der Waals surface area contributed by atoms with E-state index < -0.39 is 0 Å². The Bertz CT molecular complexity index is 691. The second kappa shape index (κ2) is 8.35. The number of thioether (sulfide) groups is 1. The van der Waals surface area contributed by atoms with Crippen LogP contribution in [0.3, 0.4) is 0 Å². The molecule has 1 aromatic heterocycles. The zero-order valence-corrected chi connectivity index (χ0v) is 15.7. The Morgan fingerprint density at radius 2 is 1.92 bits per heavy atom. The maximum absolute atomic E-state index is 12.4. The molecule has 0 saturated heterocycles. The first-order valence-corrected chi connectivity index (χ1v) is 9.60. The average molecular weight is 363 g/mol. The van der Waals surface area contributed by atoms with Crippen LogP contribution >= 0.6 is 23.1 Å². The molecule has 24 heavy (non-hydrogen) atoms. The van der Waals surface area contributed by atoms with Gasteiger partial charge in [-0.3, -0.25) is 9.59 Å². The highest BCUT2D eigenvalue weighted by Crippen LogP contribution is 2.27. The Morgan fingerprint density at radius 3 is 2.58 bits per heavy atom. The Morgan fingerprint density at radius 1 is 1.17 bits per heavy atom. The van der Waals surface area contributed by atoms with E-state index in [4.69, 9.17) is 0 Å². The van der Waals surface area contributed by atoms with E-state index in [1.807, 2.05) is 44.4 Å². The third-order valence-electron chi connectivity index (χ3n) is 3.03. The lowest BCUT2D eigenvalue weighted by Crippen LogP contribution is -2.45. The lowest BCUT2D eigenvalue weighted by atomic mass is 10.1. The number of thiophene rings is 1. The molecule has 1 heterocycles. The van der Waals surface area contributed by atoms with Crippen molar-refractivity contribution < 1.29 is 9.59 Å². The van der Waals surface area contributed by atoms with Crippen molar-refractivity contribution in [1.29, 1.82) is 0 Å². The van der Waals surface area contributed by atoms with Gasteiger partial charge in [0.05, 0.1) is 12.1 Å². The Hall–Kier alpha value is -1.79. The highest BCUT2D eigenvalue weighted by atomic mass is 32.2. The normalized spacial score (nSPS) is 11.1. The summed E-state index contributed by atoms with van der Waals surface area (Å²) < 4.78 is 0. The molecule has 2 aromatic rings. The van der Waals surface area contributed by atoms with Crippen molar-refractivity contribution in [2.75, 3.05) is 6.54 Å². The number of hydrogen-bond donors (Lipinski definition) is 2. The molecule has 0 atom stereocenters. The third-order valence-corrected chi connectivity index (χ3v) is 4.91. The van der Waals surface area contributed by atoms with Crippen molar-refractivity contribution in [3.05, 3.63) is 52.2 Å². The first-order valence-electron chi connectivity index (χ1n) is 7.67. The number of nitrogens with one attached hydrogen (secondary N) is 2. The van der Waals surface area contributed by atoms with Crippen LogP contribution in [-0.4, -0.2) is 23.9 Å². The van der Waals surface area contributed by atoms with Gasteiger partial charge in [0.15, 0.2) is 0 Å². The maximum atomic E-state index is 12.4. The molecule has 2 amide bonds. The summed E-state index contributed by atoms with van der Waals surface area (Å²) in [6.45, 7) is 5.69. The van der Waals surface area contributed by atoms with E-state index in [0.717, 1.165) is 10.6 Å². The van der Waals surface area contributed by atoms with Crippen LogP contribution in [0.1, 0.15) is 36.7 Å². The standard InChI is InChI=1S/C18H22N2O2S2/c1-18(2,3)20-16(21)10-19-17(22)14-6-4-5-7-15(14)24-12-13-8-9-23-11-13/h4-9,11H,10,12H2,1-3H3,(H,19,22)(H,20,21). The number of hydrogen-bond acceptors (Lipinski definition) is 4. The van der Waals surface area contributed by atoms with Gasteiger partial charge < -0.3 is 10.6 Å². The van der Waals surface area contributed by atoms with E-state index in [-0.39, 0.29) is 23.9 Å². The fraction of sp³-hybridized carbons (Fsp3) is 0.333. The van der Waals surface area contributed by atoms with Crippen LogP contribution in [0.2, 0.25) is 0 Å². The number of rotatable bonds is 6. The SMILES string of the molecule is CC(C)(C)NC(=O)CNC(=O)c1ccccc1SCc1ccsc1. The summed E-state index contributed by atoms with van der Waals surface area (Å²) in [5, 5.41) is 9.67. The van der Waals surface area contributed by atoms with Crippen LogP contribution in [0.25, 0.3) is 0 Å². The highest BCUT2D eigenvalue weighted by molar-refractivity contribution is 7.98. The predicted octanol–water partition coefficient (Wildman–Crippen LogP) is 3.68. The van der Waals surface area contributed by atoms with Crippen molar-refractivity contribution in [2.45, 2.75) is 37.0 Å². The summed E-state index contributed by atoms with van der Waals surface area (Å²) in [5.41, 5.74) is 1.53. The Balaban J connectivity index is 1.95. The van der Waals surface area contributed by atoms with Gasteiger partial charge in [0.2, 0.25) is 5.91 Å². The van der Waals surface area contributed by atoms with Crippen LogP contribution in [0.15, 0.2) is 46.0 Å². The van der Waals surface area contributed by atoms with E-state index in [1.165, 1.54) is 5.56 Å². The van der Waals surface area contributed by atoms with Crippen molar-refractivity contribution in [3.63, 3.8) is 0 Å². The largest absolute Gasteiger partial charge is 0.350 e. The minimum absolute atomic E-state index is 0.0281. The molecule has 2 N–H and O–H groups in total. The van der Waals surface area contributed by atoms with Crippen LogP contribution in [0, 0.1) is 0 Å². The molecular weight excluding hydrogens is 340 g/mol. The van der Waals surface area contributed by atoms with Crippen molar-refractivity contribution in [1.82, 2.24) is 10.6 Å². The van der Waals surface area contributed by atoms with Crippen LogP contribution in [0.4, 0.5) is 0 Å².